The summed E-state index contributed by atoms with van der Waals surface area (Å²) >= 11 is 1.32. The molecule has 1 N–H and O–H groups in total. The van der Waals surface area contributed by atoms with E-state index in [-0.39, 0.29) is 17.9 Å². The third kappa shape index (κ3) is 4.17. The van der Waals surface area contributed by atoms with E-state index in [4.69, 9.17) is 9.26 Å². The second-order valence-electron chi connectivity index (χ2n) is 5.86. The minimum atomic E-state index is -0.513. The summed E-state index contributed by atoms with van der Waals surface area (Å²) in [6.07, 6.45) is 0. The van der Waals surface area contributed by atoms with Crippen molar-refractivity contribution in [2.45, 2.75) is 33.1 Å². The lowest BCUT2D eigenvalue weighted by molar-refractivity contribution is -0.119. The molecule has 2 aromatic rings. The van der Waals surface area contributed by atoms with Crippen molar-refractivity contribution in [2.24, 2.45) is 0 Å². The highest BCUT2D eigenvalue weighted by Crippen LogP contribution is 2.23. The Morgan fingerprint density at radius 1 is 1.36 bits per heavy atom. The second-order valence-corrected chi connectivity index (χ2v) is 7.15. The van der Waals surface area contributed by atoms with Gasteiger partial charge < -0.3 is 9.26 Å². The quantitative estimate of drug-likeness (QED) is 0.875. The van der Waals surface area contributed by atoms with Gasteiger partial charge >= 0.3 is 5.97 Å². The van der Waals surface area contributed by atoms with Crippen molar-refractivity contribution >= 4 is 29.1 Å². The van der Waals surface area contributed by atoms with Crippen molar-refractivity contribution in [1.82, 2.24) is 5.16 Å². The monoisotopic (exact) mass is 322 g/mol. The zero-order valence-corrected chi connectivity index (χ0v) is 13.7. The smallest absolute Gasteiger partial charge is 0.348 e. The lowest BCUT2D eigenvalue weighted by Gasteiger charge is -2.12. The van der Waals surface area contributed by atoms with E-state index in [1.807, 2.05) is 33.8 Å². The predicted molar refractivity (Wildman–Crippen MR) is 83.2 cm³/mol. The number of aryl methyl sites for hydroxylation is 1. The topological polar surface area (TPSA) is 81.4 Å². The van der Waals surface area contributed by atoms with Crippen LogP contribution >= 0.6 is 11.3 Å². The number of thiophene rings is 1. The zero-order chi connectivity index (χ0) is 16.3. The molecule has 0 saturated heterocycles. The molecule has 0 aliphatic carbocycles. The first kappa shape index (κ1) is 16.2. The number of hydrogen-bond donors (Lipinski definition) is 1. The Bertz CT molecular complexity index is 682. The average Bonchev–Trinajstić information content (AvgIpc) is 3.04. The van der Waals surface area contributed by atoms with Crippen molar-refractivity contribution in [1.29, 1.82) is 0 Å². The summed E-state index contributed by atoms with van der Waals surface area (Å²) < 4.78 is 9.98. The van der Waals surface area contributed by atoms with Crippen LogP contribution in [-0.4, -0.2) is 23.6 Å². The molecular weight excluding hydrogens is 304 g/mol. The Hall–Kier alpha value is -2.15. The minimum Gasteiger partial charge on any atom is -0.451 e. The molecule has 1 amide bonds. The molecule has 2 rings (SSSR count). The molecule has 2 heterocycles. The van der Waals surface area contributed by atoms with Crippen molar-refractivity contribution in [3.63, 3.8) is 0 Å². The Morgan fingerprint density at radius 2 is 2.09 bits per heavy atom. The van der Waals surface area contributed by atoms with Gasteiger partial charge in [-0.3, -0.25) is 10.1 Å². The first-order valence-corrected chi connectivity index (χ1v) is 7.58. The first-order valence-electron chi connectivity index (χ1n) is 6.76. The van der Waals surface area contributed by atoms with Gasteiger partial charge in [0.25, 0.3) is 5.91 Å². The number of anilines is 1. The number of rotatable bonds is 4. The number of aromatic nitrogens is 1. The van der Waals surface area contributed by atoms with Gasteiger partial charge in [-0.05, 0) is 19.1 Å². The van der Waals surface area contributed by atoms with Gasteiger partial charge in [-0.1, -0.05) is 25.9 Å². The maximum absolute atomic E-state index is 11.7. The van der Waals surface area contributed by atoms with Crippen molar-refractivity contribution in [3.05, 3.63) is 33.6 Å². The normalized spacial score (nSPS) is 11.3. The van der Waals surface area contributed by atoms with E-state index < -0.39 is 11.9 Å². The van der Waals surface area contributed by atoms with E-state index in [2.05, 4.69) is 10.5 Å². The number of carbonyl (C=O) groups is 2. The number of esters is 1. The van der Waals surface area contributed by atoms with Gasteiger partial charge in [-0.15, -0.1) is 11.3 Å². The van der Waals surface area contributed by atoms with Gasteiger partial charge in [0, 0.05) is 16.4 Å². The minimum absolute atomic E-state index is 0.171. The van der Waals surface area contributed by atoms with E-state index >= 15 is 0 Å². The molecule has 118 valence electrons. The number of nitrogens with zero attached hydrogens (tertiary/aromatic N) is 1. The second kappa shape index (κ2) is 6.31. The standard InChI is InChI=1S/C15H18N2O4S/c1-9-5-6-10(22-9)14(19)20-8-12(18)16-13-7-11(17-21-13)15(2,3)4/h5-7H,8H2,1-4H3,(H,16,18). The molecule has 0 fully saturated rings. The number of amides is 1. The molecule has 22 heavy (non-hydrogen) atoms. The van der Waals surface area contributed by atoms with Crippen LogP contribution in [0.15, 0.2) is 22.7 Å². The summed E-state index contributed by atoms with van der Waals surface area (Å²) in [6, 6.07) is 5.15. The molecule has 0 aliphatic rings. The zero-order valence-electron chi connectivity index (χ0n) is 12.9. The lowest BCUT2D eigenvalue weighted by atomic mass is 9.92. The van der Waals surface area contributed by atoms with Crippen molar-refractivity contribution in [3.8, 4) is 0 Å². The van der Waals surface area contributed by atoms with Crippen molar-refractivity contribution < 1.29 is 18.8 Å². The number of ether oxygens (including phenoxy) is 1. The summed E-state index contributed by atoms with van der Waals surface area (Å²) in [6.45, 7) is 7.48. The van der Waals surface area contributed by atoms with Crippen LogP contribution in [0.4, 0.5) is 5.88 Å². The molecule has 0 aromatic carbocycles. The molecular formula is C15H18N2O4S. The number of hydrogen-bond acceptors (Lipinski definition) is 6. The van der Waals surface area contributed by atoms with Gasteiger partial charge in [-0.25, -0.2) is 4.79 Å². The van der Waals surface area contributed by atoms with Gasteiger partial charge in [0.15, 0.2) is 6.61 Å². The van der Waals surface area contributed by atoms with Gasteiger partial charge in [0.05, 0.1) is 5.69 Å². The molecule has 0 saturated carbocycles. The molecule has 2 aromatic heterocycles. The van der Waals surface area contributed by atoms with Crippen molar-refractivity contribution in [2.75, 3.05) is 11.9 Å². The first-order chi connectivity index (χ1) is 10.3. The maximum atomic E-state index is 11.7. The van der Waals surface area contributed by atoms with Gasteiger partial charge in [0.1, 0.15) is 4.88 Å². The van der Waals surface area contributed by atoms with Crippen LogP contribution in [0.2, 0.25) is 0 Å². The largest absolute Gasteiger partial charge is 0.451 e. The predicted octanol–water partition coefficient (Wildman–Crippen LogP) is 3.14. The van der Waals surface area contributed by atoms with Gasteiger partial charge in [0.2, 0.25) is 5.88 Å². The van der Waals surface area contributed by atoms with Crippen LogP contribution in [0.5, 0.6) is 0 Å². The fraction of sp³-hybridized carbons (Fsp3) is 0.400. The molecule has 0 spiro atoms. The molecule has 0 radical (unpaired) electrons. The average molecular weight is 322 g/mol. The van der Waals surface area contributed by atoms with E-state index in [1.165, 1.54) is 11.3 Å². The summed E-state index contributed by atoms with van der Waals surface area (Å²) in [7, 11) is 0. The fourth-order valence-corrected chi connectivity index (χ4v) is 2.37. The Labute approximate surface area is 132 Å². The Kier molecular flexibility index (Phi) is 4.65. The summed E-state index contributed by atoms with van der Waals surface area (Å²) in [5.41, 5.74) is 0.560. The number of nitrogens with one attached hydrogen (secondary N) is 1. The summed E-state index contributed by atoms with van der Waals surface area (Å²) in [5, 5.41) is 6.39. The fourth-order valence-electron chi connectivity index (χ4n) is 1.61. The molecule has 0 aliphatic heterocycles. The van der Waals surface area contributed by atoms with Crippen LogP contribution in [-0.2, 0) is 14.9 Å². The highest BCUT2D eigenvalue weighted by Gasteiger charge is 2.20. The van der Waals surface area contributed by atoms with E-state index in [0.717, 1.165) is 10.6 Å². The van der Waals surface area contributed by atoms with E-state index in [0.29, 0.717) is 4.88 Å². The Morgan fingerprint density at radius 3 is 2.64 bits per heavy atom. The van der Waals surface area contributed by atoms with Crippen LogP contribution in [0, 0.1) is 6.92 Å². The van der Waals surface area contributed by atoms with Crippen LogP contribution in [0.1, 0.15) is 41.0 Å². The SMILES string of the molecule is Cc1ccc(C(=O)OCC(=O)Nc2cc(C(C)(C)C)no2)s1. The summed E-state index contributed by atoms with van der Waals surface area (Å²) in [4.78, 5) is 24.9. The van der Waals surface area contributed by atoms with Gasteiger partial charge in [-0.2, -0.15) is 0 Å². The molecule has 7 heteroatoms. The molecule has 6 nitrogen and oxygen atoms in total. The van der Waals surface area contributed by atoms with Crippen LogP contribution < -0.4 is 5.32 Å². The highest BCUT2D eigenvalue weighted by atomic mass is 32.1. The number of carbonyl (C=O) groups excluding carboxylic acids is 2. The highest BCUT2D eigenvalue weighted by molar-refractivity contribution is 7.13. The maximum Gasteiger partial charge on any atom is 0.348 e. The Balaban J connectivity index is 1.85. The third-order valence-corrected chi connectivity index (χ3v) is 3.80. The molecule has 0 atom stereocenters. The van der Waals surface area contributed by atoms with Crippen LogP contribution in [0.25, 0.3) is 0 Å². The van der Waals surface area contributed by atoms with E-state index in [9.17, 15) is 9.59 Å². The molecule has 0 unspecified atom stereocenters. The third-order valence-electron chi connectivity index (χ3n) is 2.82. The van der Waals surface area contributed by atoms with Crippen LogP contribution in [0.3, 0.4) is 0 Å². The molecule has 0 bridgehead atoms. The van der Waals surface area contributed by atoms with E-state index in [1.54, 1.807) is 12.1 Å². The lowest BCUT2D eigenvalue weighted by Crippen LogP contribution is -2.20. The summed E-state index contributed by atoms with van der Waals surface area (Å²) in [5.74, 6) is -0.752.